The largest absolute Gasteiger partial charge is 0.340 e. The van der Waals surface area contributed by atoms with Crippen LogP contribution in [0.2, 0.25) is 0 Å². The van der Waals surface area contributed by atoms with Gasteiger partial charge in [0.15, 0.2) is 11.2 Å². The van der Waals surface area contributed by atoms with Crippen LogP contribution in [0.3, 0.4) is 0 Å². The van der Waals surface area contributed by atoms with E-state index in [1.807, 2.05) is 16.7 Å². The van der Waals surface area contributed by atoms with Crippen LogP contribution < -0.4 is 16.1 Å². The summed E-state index contributed by atoms with van der Waals surface area (Å²) >= 11 is 0. The Labute approximate surface area is 204 Å². The fourth-order valence-corrected chi connectivity index (χ4v) is 4.90. The van der Waals surface area contributed by atoms with Crippen molar-refractivity contribution >= 4 is 17.1 Å². The van der Waals surface area contributed by atoms with Gasteiger partial charge in [0.25, 0.3) is 5.56 Å². The number of anilines is 1. The fraction of sp³-hybridized carbons (Fsp3) is 0.370. The molecule has 0 unspecified atom stereocenters. The second-order valence-electron chi connectivity index (χ2n) is 9.33. The molecular formula is C27H32N6O2. The first kappa shape index (κ1) is 23.1. The second kappa shape index (κ2) is 9.92. The molecule has 1 saturated heterocycles. The molecular weight excluding hydrogens is 440 g/mol. The molecule has 3 heterocycles. The number of imidazole rings is 1. The molecule has 1 aliphatic heterocycles. The van der Waals surface area contributed by atoms with Gasteiger partial charge in [0, 0.05) is 33.2 Å². The number of benzene rings is 2. The maximum absolute atomic E-state index is 12.9. The smallest absolute Gasteiger partial charge is 0.329 e. The van der Waals surface area contributed by atoms with Crippen molar-refractivity contribution in [2.45, 2.75) is 26.3 Å². The number of aryl methyl sites for hydroxylation is 3. The Hall–Kier alpha value is -3.65. The molecule has 35 heavy (non-hydrogen) atoms. The Morgan fingerprint density at radius 2 is 1.66 bits per heavy atom. The van der Waals surface area contributed by atoms with Gasteiger partial charge in [-0.1, -0.05) is 54.6 Å². The van der Waals surface area contributed by atoms with Crippen molar-refractivity contribution in [2.75, 3.05) is 37.6 Å². The molecule has 0 amide bonds. The topological polar surface area (TPSA) is 79.2 Å². The lowest BCUT2D eigenvalue weighted by Gasteiger charge is -2.35. The van der Waals surface area contributed by atoms with Crippen molar-refractivity contribution in [3.8, 4) is 0 Å². The minimum absolute atomic E-state index is 0.394. The number of H-pyrrole nitrogens is 1. The summed E-state index contributed by atoms with van der Waals surface area (Å²) in [5.74, 6) is 0.749. The van der Waals surface area contributed by atoms with Crippen molar-refractivity contribution < 1.29 is 0 Å². The van der Waals surface area contributed by atoms with Crippen LogP contribution in [0.15, 0.2) is 64.2 Å². The van der Waals surface area contributed by atoms with Gasteiger partial charge < -0.3 is 4.90 Å². The molecule has 0 bridgehead atoms. The first-order chi connectivity index (χ1) is 17.0. The highest BCUT2D eigenvalue weighted by atomic mass is 16.2. The van der Waals surface area contributed by atoms with Crippen LogP contribution in [0.5, 0.6) is 0 Å². The predicted octanol–water partition coefficient (Wildman–Crippen LogP) is 2.53. The Kier molecular flexibility index (Phi) is 6.55. The van der Waals surface area contributed by atoms with E-state index in [-0.39, 0.29) is 0 Å². The normalized spacial score (nSPS) is 14.6. The summed E-state index contributed by atoms with van der Waals surface area (Å²) < 4.78 is 3.40. The molecule has 4 aromatic rings. The van der Waals surface area contributed by atoms with Crippen LogP contribution in [-0.4, -0.2) is 56.7 Å². The van der Waals surface area contributed by atoms with Gasteiger partial charge in [-0.15, -0.1) is 0 Å². The lowest BCUT2D eigenvalue weighted by molar-refractivity contribution is 0.253. The Morgan fingerprint density at radius 1 is 0.943 bits per heavy atom. The maximum atomic E-state index is 12.9. The third-order valence-corrected chi connectivity index (χ3v) is 7.01. The van der Waals surface area contributed by atoms with E-state index in [1.54, 1.807) is 7.05 Å². The number of rotatable bonds is 7. The number of nitrogens with one attached hydrogen (secondary N) is 1. The van der Waals surface area contributed by atoms with E-state index in [0.717, 1.165) is 62.6 Å². The van der Waals surface area contributed by atoms with Gasteiger partial charge in [0.1, 0.15) is 0 Å². The Balaban J connectivity index is 1.37. The first-order valence-corrected chi connectivity index (χ1v) is 12.3. The van der Waals surface area contributed by atoms with Gasteiger partial charge in [-0.3, -0.25) is 23.8 Å². The summed E-state index contributed by atoms with van der Waals surface area (Å²) in [6.07, 6.45) is 2.22. The van der Waals surface area contributed by atoms with Crippen molar-refractivity contribution in [1.82, 2.24) is 24.0 Å². The minimum atomic E-state index is -0.446. The van der Waals surface area contributed by atoms with Gasteiger partial charge in [0.2, 0.25) is 5.95 Å². The molecule has 0 atom stereocenters. The van der Waals surface area contributed by atoms with Crippen LogP contribution in [-0.2, 0) is 20.0 Å². The quantitative estimate of drug-likeness (QED) is 0.447. The third-order valence-electron chi connectivity index (χ3n) is 7.01. The van der Waals surface area contributed by atoms with Gasteiger partial charge in [-0.05, 0) is 43.0 Å². The lowest BCUT2D eigenvalue weighted by Crippen LogP contribution is -2.47. The number of aromatic amines is 1. The van der Waals surface area contributed by atoms with Crippen molar-refractivity contribution in [3.05, 3.63) is 92.1 Å². The number of aromatic nitrogens is 4. The van der Waals surface area contributed by atoms with Crippen LogP contribution >= 0.6 is 0 Å². The summed E-state index contributed by atoms with van der Waals surface area (Å²) in [5, 5.41) is 0. The van der Waals surface area contributed by atoms with E-state index in [1.165, 1.54) is 10.1 Å². The summed E-state index contributed by atoms with van der Waals surface area (Å²) in [6, 6.07) is 18.8. The zero-order chi connectivity index (χ0) is 24.4. The van der Waals surface area contributed by atoms with Gasteiger partial charge in [0.05, 0.1) is 6.54 Å². The van der Waals surface area contributed by atoms with Crippen LogP contribution in [0.25, 0.3) is 11.2 Å². The van der Waals surface area contributed by atoms with Gasteiger partial charge in [-0.25, -0.2) is 4.79 Å². The predicted molar refractivity (Wildman–Crippen MR) is 139 cm³/mol. The zero-order valence-electron chi connectivity index (χ0n) is 20.4. The van der Waals surface area contributed by atoms with E-state index in [2.05, 4.69) is 64.2 Å². The molecule has 1 aliphatic rings. The molecule has 182 valence electrons. The summed E-state index contributed by atoms with van der Waals surface area (Å²) in [4.78, 5) is 37.1. The third kappa shape index (κ3) is 4.79. The maximum Gasteiger partial charge on any atom is 0.329 e. The molecule has 8 heteroatoms. The molecule has 8 nitrogen and oxygen atoms in total. The van der Waals surface area contributed by atoms with Crippen molar-refractivity contribution in [1.29, 1.82) is 0 Å². The van der Waals surface area contributed by atoms with Crippen LogP contribution in [0.4, 0.5) is 5.95 Å². The number of hydrogen-bond donors (Lipinski definition) is 1. The van der Waals surface area contributed by atoms with Crippen LogP contribution in [0.1, 0.15) is 23.1 Å². The van der Waals surface area contributed by atoms with Crippen molar-refractivity contribution in [3.63, 3.8) is 0 Å². The minimum Gasteiger partial charge on any atom is -0.340 e. The zero-order valence-corrected chi connectivity index (χ0v) is 20.4. The molecule has 0 saturated carbocycles. The molecule has 2 aromatic heterocycles. The Bertz CT molecular complexity index is 1430. The van der Waals surface area contributed by atoms with E-state index >= 15 is 0 Å². The van der Waals surface area contributed by atoms with E-state index in [9.17, 15) is 9.59 Å². The average Bonchev–Trinajstić information content (AvgIpc) is 3.25. The molecule has 0 spiro atoms. The monoisotopic (exact) mass is 472 g/mol. The summed E-state index contributed by atoms with van der Waals surface area (Å²) in [6.45, 7) is 7.20. The number of piperazine rings is 1. The number of nitrogens with zero attached hydrogens (tertiary/aromatic N) is 5. The average molecular weight is 473 g/mol. The van der Waals surface area contributed by atoms with Crippen LogP contribution in [0, 0.1) is 6.92 Å². The van der Waals surface area contributed by atoms with E-state index in [4.69, 9.17) is 4.98 Å². The molecule has 2 aromatic carbocycles. The van der Waals surface area contributed by atoms with E-state index in [0.29, 0.717) is 17.7 Å². The highest BCUT2D eigenvalue weighted by molar-refractivity contribution is 5.74. The molecule has 0 aliphatic carbocycles. The second-order valence-corrected chi connectivity index (χ2v) is 9.33. The highest BCUT2D eigenvalue weighted by Gasteiger charge is 2.25. The SMILES string of the molecule is Cc1ccccc1Cn1c(N2CCN(CCCc3ccccc3)CC2)nc2c1c(=O)[nH]c(=O)n2C. The first-order valence-electron chi connectivity index (χ1n) is 12.3. The van der Waals surface area contributed by atoms with Gasteiger partial charge in [-0.2, -0.15) is 4.98 Å². The summed E-state index contributed by atoms with van der Waals surface area (Å²) in [7, 11) is 1.65. The van der Waals surface area contributed by atoms with Crippen molar-refractivity contribution in [2.24, 2.45) is 7.05 Å². The number of fused-ring (bicyclic) bond motifs is 1. The van der Waals surface area contributed by atoms with Gasteiger partial charge >= 0.3 is 5.69 Å². The molecule has 0 radical (unpaired) electrons. The standard InChI is InChI=1S/C27H32N6O2/c1-20-9-6-7-13-22(20)19-33-23-24(30(2)27(35)29-25(23)34)28-26(33)32-17-15-31(16-18-32)14-8-12-21-10-4-3-5-11-21/h3-7,9-11,13H,8,12,14-19H2,1-2H3,(H,29,34,35). The highest BCUT2D eigenvalue weighted by Crippen LogP contribution is 2.23. The molecule has 1 fully saturated rings. The number of hydrogen-bond acceptors (Lipinski definition) is 5. The molecule has 5 rings (SSSR count). The van der Waals surface area contributed by atoms with E-state index < -0.39 is 11.2 Å². The summed E-state index contributed by atoms with van der Waals surface area (Å²) in [5.41, 5.74) is 3.69. The fourth-order valence-electron chi connectivity index (χ4n) is 4.90. The lowest BCUT2D eigenvalue weighted by atomic mass is 10.1. The molecule has 1 N–H and O–H groups in total. The Morgan fingerprint density at radius 3 is 2.40 bits per heavy atom.